The molecule has 1 amide bonds. The Morgan fingerprint density at radius 2 is 2.18 bits per heavy atom. The molecule has 0 aliphatic heterocycles. The third kappa shape index (κ3) is 1.83. The summed E-state index contributed by atoms with van der Waals surface area (Å²) < 4.78 is 0.701. The number of phenolic OH excluding ortho intramolecular Hbond substituents is 1. The van der Waals surface area contributed by atoms with Crippen LogP contribution in [0.1, 0.15) is 10.4 Å². The number of phenols is 1. The first-order chi connectivity index (χ1) is 5.11. The molecule has 1 rings (SSSR count). The molecule has 3 nitrogen and oxygen atoms in total. The minimum Gasteiger partial charge on any atom is -0.507 e. The van der Waals surface area contributed by atoms with Gasteiger partial charge in [0.05, 0.1) is 3.57 Å². The molecule has 0 fully saturated rings. The number of aromatic hydroxyl groups is 1. The molecular weight excluding hydrogens is 257 g/mol. The van der Waals surface area contributed by atoms with Crippen molar-refractivity contribution in [3.8, 4) is 5.75 Å². The van der Waals surface area contributed by atoms with Gasteiger partial charge in [-0.15, -0.1) is 0 Å². The maximum absolute atomic E-state index is 10.6. The summed E-state index contributed by atoms with van der Waals surface area (Å²) in [5.41, 5.74) is 5.30. The van der Waals surface area contributed by atoms with Gasteiger partial charge in [0.1, 0.15) is 5.75 Å². The van der Waals surface area contributed by atoms with E-state index in [0.717, 1.165) is 0 Å². The normalized spacial score (nSPS) is 9.55. The standard InChI is InChI=1S/C7H6INO2/c8-5-2-1-4(7(9)11)3-6(5)10/h1-3,10H,(H2,9,11). The maximum Gasteiger partial charge on any atom is 0.248 e. The van der Waals surface area contributed by atoms with E-state index < -0.39 is 5.91 Å². The largest absolute Gasteiger partial charge is 0.507 e. The second-order valence-corrected chi connectivity index (χ2v) is 3.19. The molecule has 3 N–H and O–H groups in total. The molecule has 0 saturated carbocycles. The first-order valence-corrected chi connectivity index (χ1v) is 3.97. The number of carbonyl (C=O) groups excluding carboxylic acids is 1. The van der Waals surface area contributed by atoms with Crippen LogP contribution in [0.3, 0.4) is 0 Å². The summed E-state index contributed by atoms with van der Waals surface area (Å²) in [6, 6.07) is 4.56. The fraction of sp³-hybridized carbons (Fsp3) is 0. The molecule has 58 valence electrons. The quantitative estimate of drug-likeness (QED) is 0.745. The van der Waals surface area contributed by atoms with Gasteiger partial charge in [-0.2, -0.15) is 0 Å². The third-order valence-electron chi connectivity index (χ3n) is 1.23. The number of nitrogens with two attached hydrogens (primary N) is 1. The number of primary amides is 1. The van der Waals surface area contributed by atoms with E-state index >= 15 is 0 Å². The lowest BCUT2D eigenvalue weighted by molar-refractivity contribution is 0.1000. The van der Waals surface area contributed by atoms with Crippen LogP contribution in [0.4, 0.5) is 0 Å². The zero-order valence-electron chi connectivity index (χ0n) is 5.54. The molecule has 0 radical (unpaired) electrons. The first kappa shape index (κ1) is 8.32. The van der Waals surface area contributed by atoms with Crippen LogP contribution in [-0.2, 0) is 0 Å². The summed E-state index contributed by atoms with van der Waals surface area (Å²) in [5, 5.41) is 9.13. The van der Waals surface area contributed by atoms with Crippen molar-refractivity contribution in [1.82, 2.24) is 0 Å². The van der Waals surface area contributed by atoms with Crippen molar-refractivity contribution in [3.05, 3.63) is 27.3 Å². The number of rotatable bonds is 1. The topological polar surface area (TPSA) is 63.3 Å². The molecule has 0 atom stereocenters. The Morgan fingerprint density at radius 1 is 1.55 bits per heavy atom. The third-order valence-corrected chi connectivity index (χ3v) is 2.14. The number of hydrogen-bond donors (Lipinski definition) is 2. The Morgan fingerprint density at radius 3 is 2.64 bits per heavy atom. The van der Waals surface area contributed by atoms with Gasteiger partial charge >= 0.3 is 0 Å². The van der Waals surface area contributed by atoms with Crippen LogP contribution in [0.5, 0.6) is 5.75 Å². The van der Waals surface area contributed by atoms with E-state index in [1.54, 1.807) is 12.1 Å². The highest BCUT2D eigenvalue weighted by atomic mass is 127. The van der Waals surface area contributed by atoms with Gasteiger partial charge in [-0.05, 0) is 40.8 Å². The zero-order chi connectivity index (χ0) is 8.43. The summed E-state index contributed by atoms with van der Waals surface area (Å²) in [7, 11) is 0. The molecule has 0 heterocycles. The van der Waals surface area contributed by atoms with Crippen molar-refractivity contribution in [2.45, 2.75) is 0 Å². The van der Waals surface area contributed by atoms with Gasteiger partial charge in [-0.25, -0.2) is 0 Å². The van der Waals surface area contributed by atoms with Crippen molar-refractivity contribution in [1.29, 1.82) is 0 Å². The monoisotopic (exact) mass is 263 g/mol. The predicted molar refractivity (Wildman–Crippen MR) is 49.3 cm³/mol. The van der Waals surface area contributed by atoms with Crippen LogP contribution in [0.25, 0.3) is 0 Å². The van der Waals surface area contributed by atoms with E-state index in [4.69, 9.17) is 10.8 Å². The van der Waals surface area contributed by atoms with Crippen molar-refractivity contribution >= 4 is 28.5 Å². The SMILES string of the molecule is NC(=O)c1ccc(I)c(O)c1. The molecule has 0 aromatic heterocycles. The van der Waals surface area contributed by atoms with Gasteiger partial charge in [0.2, 0.25) is 5.91 Å². The van der Waals surface area contributed by atoms with Crippen LogP contribution < -0.4 is 5.73 Å². The molecule has 0 saturated heterocycles. The molecule has 0 bridgehead atoms. The predicted octanol–water partition coefficient (Wildman–Crippen LogP) is 1.10. The molecule has 0 aliphatic rings. The Hall–Kier alpha value is -0.780. The highest BCUT2D eigenvalue weighted by Gasteiger charge is 2.02. The van der Waals surface area contributed by atoms with Crippen LogP contribution in [0, 0.1) is 3.57 Å². The minimum absolute atomic E-state index is 0.0851. The van der Waals surface area contributed by atoms with Gasteiger partial charge in [-0.3, -0.25) is 4.79 Å². The fourth-order valence-electron chi connectivity index (χ4n) is 0.666. The lowest BCUT2D eigenvalue weighted by Gasteiger charge is -1.97. The number of carbonyl (C=O) groups is 1. The average molecular weight is 263 g/mol. The Labute approximate surface area is 77.4 Å². The van der Waals surface area contributed by atoms with E-state index in [0.29, 0.717) is 9.13 Å². The second-order valence-electron chi connectivity index (χ2n) is 2.03. The van der Waals surface area contributed by atoms with E-state index in [9.17, 15) is 4.79 Å². The Bertz CT molecular complexity index is 298. The van der Waals surface area contributed by atoms with E-state index in [1.165, 1.54) is 6.07 Å². The van der Waals surface area contributed by atoms with Gasteiger partial charge in [-0.1, -0.05) is 0 Å². The molecule has 4 heteroatoms. The summed E-state index contributed by atoms with van der Waals surface area (Å²) in [6.07, 6.45) is 0. The lowest BCUT2D eigenvalue weighted by atomic mass is 10.2. The average Bonchev–Trinajstić information content (AvgIpc) is 1.94. The molecule has 1 aromatic carbocycles. The van der Waals surface area contributed by atoms with Crippen molar-refractivity contribution in [2.24, 2.45) is 5.73 Å². The summed E-state index contributed by atoms with van der Waals surface area (Å²) in [5.74, 6) is -0.446. The van der Waals surface area contributed by atoms with E-state index in [-0.39, 0.29) is 5.75 Å². The van der Waals surface area contributed by atoms with Gasteiger partial charge in [0.15, 0.2) is 0 Å². The number of benzene rings is 1. The number of amides is 1. The Kier molecular flexibility index (Phi) is 2.33. The van der Waals surface area contributed by atoms with Crippen LogP contribution in [0.15, 0.2) is 18.2 Å². The zero-order valence-corrected chi connectivity index (χ0v) is 7.70. The molecule has 0 unspecified atom stereocenters. The van der Waals surface area contributed by atoms with Gasteiger partial charge in [0, 0.05) is 5.56 Å². The van der Waals surface area contributed by atoms with Gasteiger partial charge in [0.25, 0.3) is 0 Å². The molecule has 1 aromatic rings. The second kappa shape index (κ2) is 3.08. The summed E-state index contributed by atoms with van der Waals surface area (Å²) >= 11 is 1.96. The summed E-state index contributed by atoms with van der Waals surface area (Å²) in [6.45, 7) is 0. The minimum atomic E-state index is -0.531. The van der Waals surface area contributed by atoms with Gasteiger partial charge < -0.3 is 10.8 Å². The molecule has 0 aliphatic carbocycles. The first-order valence-electron chi connectivity index (χ1n) is 2.89. The number of hydrogen-bond acceptors (Lipinski definition) is 2. The van der Waals surface area contributed by atoms with Crippen LogP contribution in [0.2, 0.25) is 0 Å². The summed E-state index contributed by atoms with van der Waals surface area (Å²) in [4.78, 5) is 10.6. The highest BCUT2D eigenvalue weighted by molar-refractivity contribution is 14.1. The molecular formula is C7H6INO2. The highest BCUT2D eigenvalue weighted by Crippen LogP contribution is 2.19. The van der Waals surface area contributed by atoms with Crippen LogP contribution >= 0.6 is 22.6 Å². The maximum atomic E-state index is 10.6. The smallest absolute Gasteiger partial charge is 0.248 e. The van der Waals surface area contributed by atoms with Crippen molar-refractivity contribution in [2.75, 3.05) is 0 Å². The molecule has 11 heavy (non-hydrogen) atoms. The van der Waals surface area contributed by atoms with E-state index in [2.05, 4.69) is 0 Å². The Balaban J connectivity index is 3.15. The van der Waals surface area contributed by atoms with Crippen molar-refractivity contribution in [3.63, 3.8) is 0 Å². The van der Waals surface area contributed by atoms with Crippen molar-refractivity contribution < 1.29 is 9.90 Å². The lowest BCUT2D eigenvalue weighted by Crippen LogP contribution is -2.10. The van der Waals surface area contributed by atoms with Crippen LogP contribution in [-0.4, -0.2) is 11.0 Å². The van der Waals surface area contributed by atoms with E-state index in [1.807, 2.05) is 22.6 Å². The molecule has 0 spiro atoms. The fourth-order valence-corrected chi connectivity index (χ4v) is 1.00. The number of halogens is 1.